The number of aromatic nitrogens is 2. The van der Waals surface area contributed by atoms with Crippen LogP contribution in [0.2, 0.25) is 0 Å². The highest BCUT2D eigenvalue weighted by Gasteiger charge is 2.19. The SMILES string of the molecule is CCC(C)C(N)C(=O)Nc1ccn(CCCOC)n1. The molecule has 0 fully saturated rings. The smallest absolute Gasteiger partial charge is 0.242 e. The molecule has 1 aromatic heterocycles. The normalized spacial score (nSPS) is 14.1. The van der Waals surface area contributed by atoms with Crippen molar-refractivity contribution in [2.45, 2.75) is 39.3 Å². The molecule has 0 saturated heterocycles. The van der Waals surface area contributed by atoms with Crippen molar-refractivity contribution < 1.29 is 9.53 Å². The van der Waals surface area contributed by atoms with Crippen molar-refractivity contribution in [3.63, 3.8) is 0 Å². The number of ether oxygens (including phenoxy) is 1. The van der Waals surface area contributed by atoms with E-state index in [1.807, 2.05) is 20.0 Å². The number of nitrogens with two attached hydrogens (primary N) is 1. The summed E-state index contributed by atoms with van der Waals surface area (Å²) in [6.07, 6.45) is 3.60. The fourth-order valence-corrected chi connectivity index (χ4v) is 1.65. The molecule has 6 heteroatoms. The molecular weight excluding hydrogens is 244 g/mol. The summed E-state index contributed by atoms with van der Waals surface area (Å²) in [7, 11) is 1.67. The molecule has 108 valence electrons. The van der Waals surface area contributed by atoms with E-state index in [2.05, 4.69) is 10.4 Å². The Morgan fingerprint density at radius 3 is 3.00 bits per heavy atom. The number of aryl methyl sites for hydroxylation is 1. The molecule has 0 aromatic carbocycles. The van der Waals surface area contributed by atoms with E-state index in [9.17, 15) is 4.79 Å². The standard InChI is InChI=1S/C13H24N4O2/c1-4-10(2)12(14)13(18)15-11-6-8-17(16-11)7-5-9-19-3/h6,8,10,12H,4-5,7,9,14H2,1-3H3,(H,15,16,18). The lowest BCUT2D eigenvalue weighted by molar-refractivity contribution is -0.118. The van der Waals surface area contributed by atoms with Crippen LogP contribution in [0.1, 0.15) is 26.7 Å². The van der Waals surface area contributed by atoms with Gasteiger partial charge in [-0.2, -0.15) is 5.10 Å². The molecule has 2 atom stereocenters. The minimum Gasteiger partial charge on any atom is -0.385 e. The predicted octanol–water partition coefficient (Wildman–Crippen LogP) is 1.23. The van der Waals surface area contributed by atoms with Gasteiger partial charge in [-0.25, -0.2) is 0 Å². The first-order valence-electron chi connectivity index (χ1n) is 6.67. The first kappa shape index (κ1) is 15.7. The van der Waals surface area contributed by atoms with E-state index < -0.39 is 6.04 Å². The average Bonchev–Trinajstić information content (AvgIpc) is 2.84. The molecule has 3 N–H and O–H groups in total. The number of anilines is 1. The number of nitrogens with one attached hydrogen (secondary N) is 1. The monoisotopic (exact) mass is 268 g/mol. The Hall–Kier alpha value is -1.40. The summed E-state index contributed by atoms with van der Waals surface area (Å²) >= 11 is 0. The van der Waals surface area contributed by atoms with Crippen LogP contribution in [0.25, 0.3) is 0 Å². The van der Waals surface area contributed by atoms with Gasteiger partial charge in [0.1, 0.15) is 0 Å². The number of rotatable bonds is 8. The zero-order valence-electron chi connectivity index (χ0n) is 11.9. The third-order valence-corrected chi connectivity index (χ3v) is 3.19. The number of nitrogens with zero attached hydrogens (tertiary/aromatic N) is 2. The minimum absolute atomic E-state index is 0.156. The molecule has 1 rings (SSSR count). The number of carbonyl (C=O) groups excluding carboxylic acids is 1. The fourth-order valence-electron chi connectivity index (χ4n) is 1.65. The van der Waals surface area contributed by atoms with Crippen LogP contribution in [0.3, 0.4) is 0 Å². The molecule has 1 heterocycles. The molecule has 0 radical (unpaired) electrons. The van der Waals surface area contributed by atoms with Gasteiger partial charge in [-0.1, -0.05) is 20.3 Å². The third-order valence-electron chi connectivity index (χ3n) is 3.19. The maximum atomic E-state index is 11.9. The van der Waals surface area contributed by atoms with Crippen LogP contribution < -0.4 is 11.1 Å². The Labute approximate surface area is 114 Å². The molecular formula is C13H24N4O2. The summed E-state index contributed by atoms with van der Waals surface area (Å²) in [6.45, 7) is 5.44. The van der Waals surface area contributed by atoms with E-state index in [4.69, 9.17) is 10.5 Å². The number of hydrogen-bond donors (Lipinski definition) is 2. The van der Waals surface area contributed by atoms with Gasteiger partial charge < -0.3 is 15.8 Å². The van der Waals surface area contributed by atoms with Crippen LogP contribution in [0.4, 0.5) is 5.82 Å². The summed E-state index contributed by atoms with van der Waals surface area (Å²) in [5, 5.41) is 7.00. The molecule has 0 aliphatic heterocycles. The lowest BCUT2D eigenvalue weighted by Gasteiger charge is -2.16. The van der Waals surface area contributed by atoms with E-state index in [0.717, 1.165) is 19.4 Å². The molecule has 19 heavy (non-hydrogen) atoms. The lowest BCUT2D eigenvalue weighted by Crippen LogP contribution is -2.40. The van der Waals surface area contributed by atoms with Gasteiger partial charge in [0.25, 0.3) is 0 Å². The van der Waals surface area contributed by atoms with E-state index in [-0.39, 0.29) is 11.8 Å². The second kappa shape index (κ2) is 7.91. The molecule has 0 aliphatic carbocycles. The second-order valence-corrected chi connectivity index (χ2v) is 4.71. The zero-order valence-corrected chi connectivity index (χ0v) is 11.9. The van der Waals surface area contributed by atoms with E-state index in [1.165, 1.54) is 0 Å². The average molecular weight is 268 g/mol. The van der Waals surface area contributed by atoms with Gasteiger partial charge in [0, 0.05) is 32.5 Å². The number of hydrogen-bond acceptors (Lipinski definition) is 4. The summed E-state index contributed by atoms with van der Waals surface area (Å²) in [6, 6.07) is 1.28. The van der Waals surface area contributed by atoms with E-state index >= 15 is 0 Å². The van der Waals surface area contributed by atoms with Crippen molar-refractivity contribution in [3.8, 4) is 0 Å². The van der Waals surface area contributed by atoms with E-state index in [1.54, 1.807) is 17.9 Å². The van der Waals surface area contributed by atoms with Crippen molar-refractivity contribution >= 4 is 11.7 Å². The molecule has 6 nitrogen and oxygen atoms in total. The molecule has 0 aliphatic rings. The first-order valence-corrected chi connectivity index (χ1v) is 6.67. The quantitative estimate of drug-likeness (QED) is 0.695. The molecule has 2 unspecified atom stereocenters. The summed E-state index contributed by atoms with van der Waals surface area (Å²) in [5.74, 6) is 0.515. The van der Waals surface area contributed by atoms with Crippen LogP contribution in [-0.2, 0) is 16.1 Å². The Morgan fingerprint density at radius 1 is 1.63 bits per heavy atom. The van der Waals surface area contributed by atoms with Gasteiger partial charge in [0.15, 0.2) is 5.82 Å². The molecule has 1 amide bonds. The van der Waals surface area contributed by atoms with Crippen molar-refractivity contribution in [1.82, 2.24) is 9.78 Å². The summed E-state index contributed by atoms with van der Waals surface area (Å²) < 4.78 is 6.76. The highest BCUT2D eigenvalue weighted by molar-refractivity contribution is 5.93. The van der Waals surface area contributed by atoms with Gasteiger partial charge in [-0.05, 0) is 12.3 Å². The summed E-state index contributed by atoms with van der Waals surface area (Å²) in [4.78, 5) is 11.9. The van der Waals surface area contributed by atoms with Crippen LogP contribution >= 0.6 is 0 Å². The van der Waals surface area contributed by atoms with Gasteiger partial charge >= 0.3 is 0 Å². The maximum Gasteiger partial charge on any atom is 0.242 e. The van der Waals surface area contributed by atoms with Gasteiger partial charge in [-0.3, -0.25) is 9.48 Å². The van der Waals surface area contributed by atoms with Crippen molar-refractivity contribution in [1.29, 1.82) is 0 Å². The third kappa shape index (κ3) is 5.00. The van der Waals surface area contributed by atoms with E-state index in [0.29, 0.717) is 12.4 Å². The van der Waals surface area contributed by atoms with Crippen LogP contribution in [0, 0.1) is 5.92 Å². The zero-order chi connectivity index (χ0) is 14.3. The number of carbonyl (C=O) groups is 1. The van der Waals surface area contributed by atoms with Gasteiger partial charge in [-0.15, -0.1) is 0 Å². The fraction of sp³-hybridized carbons (Fsp3) is 0.692. The molecule has 1 aromatic rings. The van der Waals surface area contributed by atoms with Crippen LogP contribution in [0.5, 0.6) is 0 Å². The van der Waals surface area contributed by atoms with Crippen LogP contribution in [0.15, 0.2) is 12.3 Å². The highest BCUT2D eigenvalue weighted by Crippen LogP contribution is 2.09. The Balaban J connectivity index is 2.46. The largest absolute Gasteiger partial charge is 0.385 e. The van der Waals surface area contributed by atoms with Gasteiger partial charge in [0.05, 0.1) is 6.04 Å². The molecule has 0 bridgehead atoms. The highest BCUT2D eigenvalue weighted by atomic mass is 16.5. The first-order chi connectivity index (χ1) is 9.08. The number of amides is 1. The number of methoxy groups -OCH3 is 1. The molecule has 0 spiro atoms. The van der Waals surface area contributed by atoms with Crippen molar-refractivity contribution in [2.24, 2.45) is 11.7 Å². The van der Waals surface area contributed by atoms with Crippen molar-refractivity contribution in [2.75, 3.05) is 19.0 Å². The Kier molecular flexibility index (Phi) is 6.52. The predicted molar refractivity (Wildman–Crippen MR) is 74.8 cm³/mol. The Bertz CT molecular complexity index is 392. The lowest BCUT2D eigenvalue weighted by atomic mass is 9.99. The summed E-state index contributed by atoms with van der Waals surface area (Å²) in [5.41, 5.74) is 5.86. The topological polar surface area (TPSA) is 82.2 Å². The van der Waals surface area contributed by atoms with Crippen LogP contribution in [-0.4, -0.2) is 35.4 Å². The van der Waals surface area contributed by atoms with Gasteiger partial charge in [0.2, 0.25) is 5.91 Å². The molecule has 0 saturated carbocycles. The Morgan fingerprint density at radius 2 is 2.37 bits per heavy atom. The minimum atomic E-state index is -0.497. The van der Waals surface area contributed by atoms with Crippen molar-refractivity contribution in [3.05, 3.63) is 12.3 Å². The maximum absolute atomic E-state index is 11.9. The second-order valence-electron chi connectivity index (χ2n) is 4.71.